The van der Waals surface area contributed by atoms with E-state index in [1.165, 1.54) is 36.8 Å². The topological polar surface area (TPSA) is 50.9 Å². The first-order chi connectivity index (χ1) is 10.2. The summed E-state index contributed by atoms with van der Waals surface area (Å²) in [7, 11) is 0. The highest BCUT2D eigenvalue weighted by molar-refractivity contribution is 5.92. The lowest BCUT2D eigenvalue weighted by Crippen LogP contribution is -2.30. The summed E-state index contributed by atoms with van der Waals surface area (Å²) < 4.78 is 0. The van der Waals surface area contributed by atoms with E-state index in [9.17, 15) is 0 Å². The molecule has 0 spiro atoms. The van der Waals surface area contributed by atoms with Crippen LogP contribution in [0.3, 0.4) is 0 Å². The van der Waals surface area contributed by atoms with Gasteiger partial charge < -0.3 is 11.1 Å². The maximum atomic E-state index is 5.86. The van der Waals surface area contributed by atoms with Gasteiger partial charge in [0.05, 0.1) is 5.52 Å². The number of hydrogen-bond donors (Lipinski definition) is 2. The summed E-state index contributed by atoms with van der Waals surface area (Å²) in [6.45, 7) is 2.34. The summed E-state index contributed by atoms with van der Waals surface area (Å²) in [6, 6.07) is 8.60. The average molecular weight is 281 g/mol. The molecule has 0 saturated heterocycles. The van der Waals surface area contributed by atoms with Gasteiger partial charge in [0.2, 0.25) is 0 Å². The van der Waals surface area contributed by atoms with E-state index in [-0.39, 0.29) is 0 Å². The van der Waals surface area contributed by atoms with E-state index in [0.29, 0.717) is 6.04 Å². The van der Waals surface area contributed by atoms with Crippen LogP contribution in [0.1, 0.15) is 32.6 Å². The van der Waals surface area contributed by atoms with Gasteiger partial charge in [-0.15, -0.1) is 0 Å². The quantitative estimate of drug-likeness (QED) is 0.834. The number of fused-ring (bicyclic) bond motifs is 3. The zero-order chi connectivity index (χ0) is 14.4. The van der Waals surface area contributed by atoms with E-state index in [4.69, 9.17) is 5.73 Å². The maximum absolute atomic E-state index is 5.86. The van der Waals surface area contributed by atoms with Gasteiger partial charge in [-0.3, -0.25) is 4.98 Å². The largest absolute Gasteiger partial charge is 0.399 e. The molecular weight excluding hydrogens is 258 g/mol. The molecule has 1 aromatic carbocycles. The van der Waals surface area contributed by atoms with E-state index in [1.54, 1.807) is 0 Å². The Hall–Kier alpha value is -1.77. The number of aromatic nitrogens is 1. The van der Waals surface area contributed by atoms with Crippen LogP contribution >= 0.6 is 0 Å². The number of hydrogen-bond acceptors (Lipinski definition) is 3. The smallest absolute Gasteiger partial charge is 0.0743 e. The maximum Gasteiger partial charge on any atom is 0.0743 e. The van der Waals surface area contributed by atoms with Crippen molar-refractivity contribution in [2.45, 2.75) is 38.6 Å². The van der Waals surface area contributed by atoms with Crippen LogP contribution in [0.25, 0.3) is 10.9 Å². The van der Waals surface area contributed by atoms with Crippen LogP contribution in [-0.2, 0) is 0 Å². The molecule has 1 aromatic heterocycles. The minimum Gasteiger partial charge on any atom is -0.399 e. The summed E-state index contributed by atoms with van der Waals surface area (Å²) in [4.78, 5) is 4.43. The third kappa shape index (κ3) is 2.25. The highest BCUT2D eigenvalue weighted by Gasteiger charge is 2.41. The average Bonchev–Trinajstić information content (AvgIpc) is 3.10. The summed E-state index contributed by atoms with van der Waals surface area (Å²) in [5.41, 5.74) is 8.79. The number of nitrogens with zero attached hydrogens (tertiary/aromatic N) is 1. The number of benzene rings is 1. The molecule has 4 rings (SSSR count). The van der Waals surface area contributed by atoms with Crippen LogP contribution in [0, 0.1) is 17.8 Å². The molecule has 2 aromatic rings. The van der Waals surface area contributed by atoms with Gasteiger partial charge in [0, 0.05) is 29.0 Å². The molecule has 4 unspecified atom stereocenters. The lowest BCUT2D eigenvalue weighted by Gasteiger charge is -2.29. The third-order valence-corrected chi connectivity index (χ3v) is 5.58. The van der Waals surface area contributed by atoms with Crippen LogP contribution in [0.15, 0.2) is 30.5 Å². The lowest BCUT2D eigenvalue weighted by atomic mass is 9.84. The first-order valence-corrected chi connectivity index (χ1v) is 8.11. The second-order valence-electron chi connectivity index (χ2n) is 6.91. The van der Waals surface area contributed by atoms with Crippen molar-refractivity contribution in [3.05, 3.63) is 30.5 Å². The number of anilines is 2. The molecule has 3 heteroatoms. The monoisotopic (exact) mass is 281 g/mol. The van der Waals surface area contributed by atoms with E-state index >= 15 is 0 Å². The molecule has 110 valence electrons. The fourth-order valence-corrected chi connectivity index (χ4v) is 4.55. The number of nitrogens with one attached hydrogen (secondary N) is 1. The summed E-state index contributed by atoms with van der Waals surface area (Å²) in [5, 5.41) is 4.92. The van der Waals surface area contributed by atoms with Crippen molar-refractivity contribution >= 4 is 22.3 Å². The predicted octanol–water partition coefficient (Wildman–Crippen LogP) is 4.05. The van der Waals surface area contributed by atoms with E-state index < -0.39 is 0 Å². The zero-order valence-electron chi connectivity index (χ0n) is 12.5. The molecular formula is C18H23N3. The molecule has 2 aliphatic carbocycles. The van der Waals surface area contributed by atoms with Gasteiger partial charge in [0.25, 0.3) is 0 Å². The minimum absolute atomic E-state index is 0.531. The van der Waals surface area contributed by atoms with Crippen LogP contribution in [0.2, 0.25) is 0 Å². The van der Waals surface area contributed by atoms with Crippen molar-refractivity contribution in [3.63, 3.8) is 0 Å². The number of nitrogen functional groups attached to an aromatic ring is 1. The SMILES string of the molecule is CC(Nc1ccnc2cc(N)ccc12)C1CC2CCC1C2. The highest BCUT2D eigenvalue weighted by atomic mass is 14.9. The third-order valence-electron chi connectivity index (χ3n) is 5.58. The second kappa shape index (κ2) is 4.90. The summed E-state index contributed by atoms with van der Waals surface area (Å²) >= 11 is 0. The summed E-state index contributed by atoms with van der Waals surface area (Å²) in [5.74, 6) is 2.78. The van der Waals surface area contributed by atoms with Gasteiger partial charge in [0.1, 0.15) is 0 Å². The van der Waals surface area contributed by atoms with Crippen molar-refractivity contribution in [1.82, 2.24) is 4.98 Å². The molecule has 2 fully saturated rings. The normalized spacial score (nSPS) is 28.9. The van der Waals surface area contributed by atoms with Gasteiger partial charge in [-0.2, -0.15) is 0 Å². The van der Waals surface area contributed by atoms with Gasteiger partial charge in [0.15, 0.2) is 0 Å². The van der Waals surface area contributed by atoms with E-state index in [1.807, 2.05) is 18.3 Å². The number of pyridine rings is 1. The van der Waals surface area contributed by atoms with Crippen molar-refractivity contribution in [3.8, 4) is 0 Å². The van der Waals surface area contributed by atoms with Crippen LogP contribution < -0.4 is 11.1 Å². The first-order valence-electron chi connectivity index (χ1n) is 8.11. The molecule has 3 N–H and O–H groups in total. The van der Waals surface area contributed by atoms with Crippen molar-refractivity contribution in [1.29, 1.82) is 0 Å². The predicted molar refractivity (Wildman–Crippen MR) is 88.2 cm³/mol. The molecule has 2 aliphatic rings. The number of rotatable bonds is 3. The van der Waals surface area contributed by atoms with Crippen LogP contribution in [0.5, 0.6) is 0 Å². The Morgan fingerprint density at radius 2 is 2.14 bits per heavy atom. The molecule has 0 radical (unpaired) electrons. The molecule has 2 bridgehead atoms. The number of nitrogens with two attached hydrogens (primary N) is 1. The molecule has 4 atom stereocenters. The fourth-order valence-electron chi connectivity index (χ4n) is 4.55. The van der Waals surface area contributed by atoms with Crippen molar-refractivity contribution in [2.75, 3.05) is 11.1 Å². The Bertz CT molecular complexity index is 667. The Morgan fingerprint density at radius 3 is 2.90 bits per heavy atom. The Balaban J connectivity index is 1.59. The Kier molecular flexibility index (Phi) is 3.02. The molecule has 0 amide bonds. The minimum atomic E-state index is 0.531. The molecule has 3 nitrogen and oxygen atoms in total. The van der Waals surface area contributed by atoms with Gasteiger partial charge in [-0.1, -0.05) is 6.42 Å². The zero-order valence-corrected chi connectivity index (χ0v) is 12.5. The fraction of sp³-hybridized carbons (Fsp3) is 0.500. The standard InChI is InChI=1S/C18H23N3/c1-11(16-9-12-2-3-13(16)8-12)21-17-6-7-20-18-10-14(19)4-5-15(17)18/h4-7,10-13,16H,2-3,8-9,19H2,1H3,(H,20,21). The van der Waals surface area contributed by atoms with Gasteiger partial charge >= 0.3 is 0 Å². The lowest BCUT2D eigenvalue weighted by molar-refractivity contribution is 0.304. The van der Waals surface area contributed by atoms with Crippen LogP contribution in [-0.4, -0.2) is 11.0 Å². The first kappa shape index (κ1) is 12.9. The van der Waals surface area contributed by atoms with E-state index in [0.717, 1.165) is 29.0 Å². The highest BCUT2D eigenvalue weighted by Crippen LogP contribution is 2.50. The van der Waals surface area contributed by atoms with Crippen molar-refractivity contribution < 1.29 is 0 Å². The molecule has 21 heavy (non-hydrogen) atoms. The van der Waals surface area contributed by atoms with Crippen molar-refractivity contribution in [2.24, 2.45) is 17.8 Å². The van der Waals surface area contributed by atoms with Crippen LogP contribution in [0.4, 0.5) is 11.4 Å². The Morgan fingerprint density at radius 1 is 1.24 bits per heavy atom. The van der Waals surface area contributed by atoms with Gasteiger partial charge in [-0.05, 0) is 68.2 Å². The molecule has 2 saturated carbocycles. The second-order valence-corrected chi connectivity index (χ2v) is 6.91. The Labute approximate surface area is 125 Å². The molecule has 1 heterocycles. The van der Waals surface area contributed by atoms with Gasteiger partial charge in [-0.25, -0.2) is 0 Å². The van der Waals surface area contributed by atoms with E-state index in [2.05, 4.69) is 29.4 Å². The summed E-state index contributed by atoms with van der Waals surface area (Å²) in [6.07, 6.45) is 7.65. The molecule has 0 aliphatic heterocycles.